The van der Waals surface area contributed by atoms with Crippen LogP contribution in [0.15, 0.2) is 24.3 Å². The fraction of sp³-hybridized carbons (Fsp3) is 0.467. The fourth-order valence-corrected chi connectivity index (χ4v) is 2.56. The summed E-state index contributed by atoms with van der Waals surface area (Å²) in [4.78, 5) is 14.4. The summed E-state index contributed by atoms with van der Waals surface area (Å²) in [7, 11) is 0. The number of nitrogens with two attached hydrogens (primary N) is 1. The van der Waals surface area contributed by atoms with Gasteiger partial charge in [-0.05, 0) is 12.5 Å². The number of hydrogen-bond acceptors (Lipinski definition) is 4. The minimum Gasteiger partial charge on any atom is -0.394 e. The average Bonchev–Trinajstić information content (AvgIpc) is 2.47. The number of thiocarbonyl (C=S) groups is 1. The van der Waals surface area contributed by atoms with Crippen LogP contribution in [0.1, 0.15) is 18.1 Å². The number of rotatable bonds is 4. The molecule has 6 heteroatoms. The standard InChI is InChI=1S/C15H20N2O3S/c1-10-7-17(8-13(9-18)20-10)14(19)6-11-2-4-12(5-3-11)15(16)21/h2-5,10,13,18H,6-9H2,1H3,(H2,16,21). The molecule has 1 amide bonds. The molecule has 0 bridgehead atoms. The Hall–Kier alpha value is -1.50. The van der Waals surface area contributed by atoms with Crippen molar-refractivity contribution >= 4 is 23.1 Å². The van der Waals surface area contributed by atoms with Gasteiger partial charge in [-0.1, -0.05) is 36.5 Å². The van der Waals surface area contributed by atoms with Gasteiger partial charge >= 0.3 is 0 Å². The van der Waals surface area contributed by atoms with Crippen molar-refractivity contribution in [1.82, 2.24) is 4.90 Å². The van der Waals surface area contributed by atoms with Gasteiger partial charge in [0.05, 0.1) is 25.2 Å². The molecule has 1 aliphatic heterocycles. The highest BCUT2D eigenvalue weighted by molar-refractivity contribution is 7.80. The van der Waals surface area contributed by atoms with Crippen LogP contribution in [-0.4, -0.2) is 52.8 Å². The van der Waals surface area contributed by atoms with Crippen molar-refractivity contribution < 1.29 is 14.6 Å². The Morgan fingerprint density at radius 1 is 1.43 bits per heavy atom. The monoisotopic (exact) mass is 308 g/mol. The Kier molecular flexibility index (Phi) is 5.27. The lowest BCUT2D eigenvalue weighted by Crippen LogP contribution is -2.50. The number of carbonyl (C=O) groups is 1. The zero-order chi connectivity index (χ0) is 15.4. The summed E-state index contributed by atoms with van der Waals surface area (Å²) in [5, 5.41) is 9.19. The van der Waals surface area contributed by atoms with Gasteiger partial charge in [0.1, 0.15) is 4.99 Å². The quantitative estimate of drug-likeness (QED) is 0.791. The molecular formula is C15H20N2O3S. The van der Waals surface area contributed by atoms with Crippen molar-refractivity contribution in [2.45, 2.75) is 25.6 Å². The van der Waals surface area contributed by atoms with E-state index < -0.39 is 0 Å². The topological polar surface area (TPSA) is 75.8 Å². The molecule has 3 N–H and O–H groups in total. The molecular weight excluding hydrogens is 288 g/mol. The SMILES string of the molecule is CC1CN(C(=O)Cc2ccc(C(N)=S)cc2)CC(CO)O1. The molecule has 0 aliphatic carbocycles. The van der Waals surface area contributed by atoms with Crippen molar-refractivity contribution in [3.63, 3.8) is 0 Å². The van der Waals surface area contributed by atoms with Crippen LogP contribution in [0.2, 0.25) is 0 Å². The van der Waals surface area contributed by atoms with Gasteiger partial charge < -0.3 is 20.5 Å². The number of morpholine rings is 1. The van der Waals surface area contributed by atoms with Crippen LogP contribution in [0.25, 0.3) is 0 Å². The van der Waals surface area contributed by atoms with Crippen LogP contribution in [0.4, 0.5) is 0 Å². The lowest BCUT2D eigenvalue weighted by atomic mass is 10.1. The lowest BCUT2D eigenvalue weighted by Gasteiger charge is -2.36. The second-order valence-electron chi connectivity index (χ2n) is 5.29. The number of nitrogens with zero attached hydrogens (tertiary/aromatic N) is 1. The van der Waals surface area contributed by atoms with Gasteiger partial charge in [-0.3, -0.25) is 4.79 Å². The van der Waals surface area contributed by atoms with Gasteiger partial charge in [-0.25, -0.2) is 0 Å². The third-order valence-electron chi connectivity index (χ3n) is 3.48. The van der Waals surface area contributed by atoms with E-state index in [-0.39, 0.29) is 24.7 Å². The van der Waals surface area contributed by atoms with E-state index >= 15 is 0 Å². The molecule has 5 nitrogen and oxygen atoms in total. The zero-order valence-corrected chi connectivity index (χ0v) is 12.8. The molecule has 2 atom stereocenters. The summed E-state index contributed by atoms with van der Waals surface area (Å²) in [5.41, 5.74) is 7.26. The maximum absolute atomic E-state index is 12.3. The van der Waals surface area contributed by atoms with Gasteiger partial charge in [-0.15, -0.1) is 0 Å². The number of benzene rings is 1. The first-order valence-corrected chi connectivity index (χ1v) is 7.33. The lowest BCUT2D eigenvalue weighted by molar-refractivity contribution is -0.146. The molecule has 1 aromatic carbocycles. The highest BCUT2D eigenvalue weighted by Crippen LogP contribution is 2.13. The molecule has 1 saturated heterocycles. The summed E-state index contributed by atoms with van der Waals surface area (Å²) < 4.78 is 5.54. The highest BCUT2D eigenvalue weighted by Gasteiger charge is 2.27. The summed E-state index contributed by atoms with van der Waals surface area (Å²) in [6.07, 6.45) is -0.0332. The summed E-state index contributed by atoms with van der Waals surface area (Å²) in [6.45, 7) is 2.82. The van der Waals surface area contributed by atoms with E-state index in [4.69, 9.17) is 22.7 Å². The second-order valence-corrected chi connectivity index (χ2v) is 5.73. The molecule has 0 spiro atoms. The first kappa shape index (κ1) is 15.9. The fourth-order valence-electron chi connectivity index (χ4n) is 2.42. The maximum atomic E-state index is 12.3. The van der Waals surface area contributed by atoms with E-state index in [2.05, 4.69) is 0 Å². The van der Waals surface area contributed by atoms with E-state index in [0.29, 0.717) is 24.5 Å². The predicted molar refractivity (Wildman–Crippen MR) is 84.0 cm³/mol. The average molecular weight is 308 g/mol. The van der Waals surface area contributed by atoms with Gasteiger partial charge in [0, 0.05) is 18.7 Å². The Morgan fingerprint density at radius 2 is 2.10 bits per heavy atom. The van der Waals surface area contributed by atoms with E-state index in [0.717, 1.165) is 11.1 Å². The highest BCUT2D eigenvalue weighted by atomic mass is 32.1. The minimum absolute atomic E-state index is 0.0340. The van der Waals surface area contributed by atoms with Crippen LogP contribution in [0, 0.1) is 0 Å². The number of ether oxygens (including phenoxy) is 1. The third-order valence-corrected chi connectivity index (χ3v) is 3.71. The van der Waals surface area contributed by atoms with Crippen molar-refractivity contribution in [2.24, 2.45) is 5.73 Å². The van der Waals surface area contributed by atoms with Crippen LogP contribution in [0.3, 0.4) is 0 Å². The second kappa shape index (κ2) is 6.98. The Morgan fingerprint density at radius 3 is 2.67 bits per heavy atom. The minimum atomic E-state index is -0.297. The molecule has 0 aromatic heterocycles. The Labute approximate surface area is 129 Å². The van der Waals surface area contributed by atoms with Crippen LogP contribution >= 0.6 is 12.2 Å². The first-order valence-electron chi connectivity index (χ1n) is 6.92. The molecule has 1 heterocycles. The largest absolute Gasteiger partial charge is 0.394 e. The molecule has 2 unspecified atom stereocenters. The number of carbonyl (C=O) groups excluding carboxylic acids is 1. The summed E-state index contributed by atoms with van der Waals surface area (Å²) in [6, 6.07) is 7.37. The molecule has 21 heavy (non-hydrogen) atoms. The smallest absolute Gasteiger partial charge is 0.227 e. The van der Waals surface area contributed by atoms with Gasteiger partial charge in [-0.2, -0.15) is 0 Å². The normalized spacial score (nSPS) is 22.1. The van der Waals surface area contributed by atoms with E-state index in [1.165, 1.54) is 0 Å². The predicted octanol–water partition coefficient (Wildman–Crippen LogP) is 0.472. The van der Waals surface area contributed by atoms with Crippen molar-refractivity contribution in [2.75, 3.05) is 19.7 Å². The first-order chi connectivity index (χ1) is 9.99. The zero-order valence-electron chi connectivity index (χ0n) is 12.0. The van der Waals surface area contributed by atoms with Crippen molar-refractivity contribution in [3.8, 4) is 0 Å². The van der Waals surface area contributed by atoms with Crippen molar-refractivity contribution in [1.29, 1.82) is 0 Å². The van der Waals surface area contributed by atoms with Crippen LogP contribution in [0.5, 0.6) is 0 Å². The van der Waals surface area contributed by atoms with Gasteiger partial charge in [0.15, 0.2) is 0 Å². The van der Waals surface area contributed by atoms with E-state index in [9.17, 15) is 9.90 Å². The summed E-state index contributed by atoms with van der Waals surface area (Å²) >= 11 is 4.90. The van der Waals surface area contributed by atoms with E-state index in [1.807, 2.05) is 31.2 Å². The molecule has 1 fully saturated rings. The van der Waals surface area contributed by atoms with Crippen molar-refractivity contribution in [3.05, 3.63) is 35.4 Å². The third kappa shape index (κ3) is 4.23. The van der Waals surface area contributed by atoms with Gasteiger partial charge in [0.25, 0.3) is 0 Å². The summed E-state index contributed by atoms with van der Waals surface area (Å²) in [5.74, 6) is 0.0340. The molecule has 1 aliphatic rings. The van der Waals surface area contributed by atoms with Crippen LogP contribution in [-0.2, 0) is 16.0 Å². The number of aliphatic hydroxyl groups excluding tert-OH is 1. The number of amides is 1. The molecule has 1 aromatic rings. The maximum Gasteiger partial charge on any atom is 0.227 e. The Balaban J connectivity index is 1.98. The van der Waals surface area contributed by atoms with E-state index in [1.54, 1.807) is 4.90 Å². The Bertz CT molecular complexity index is 518. The molecule has 0 saturated carbocycles. The van der Waals surface area contributed by atoms with Gasteiger partial charge in [0.2, 0.25) is 5.91 Å². The molecule has 114 valence electrons. The molecule has 2 rings (SSSR count). The number of aliphatic hydroxyl groups is 1. The molecule has 0 radical (unpaired) electrons. The number of hydrogen-bond donors (Lipinski definition) is 2. The van der Waals surface area contributed by atoms with Crippen LogP contribution < -0.4 is 5.73 Å².